The first-order valence-electron chi connectivity index (χ1n) is 6.25. The van der Waals surface area contributed by atoms with Crippen LogP contribution in [0.5, 0.6) is 0 Å². The first-order chi connectivity index (χ1) is 9.10. The molecule has 19 heavy (non-hydrogen) atoms. The minimum Gasteiger partial charge on any atom is -0.310 e. The van der Waals surface area contributed by atoms with Gasteiger partial charge in [0.15, 0.2) is 0 Å². The van der Waals surface area contributed by atoms with Crippen LogP contribution in [0, 0.1) is 0 Å². The molecule has 2 aromatic rings. The van der Waals surface area contributed by atoms with E-state index in [1.54, 1.807) is 11.3 Å². The van der Waals surface area contributed by atoms with E-state index in [1.807, 2.05) is 17.9 Å². The topological polar surface area (TPSA) is 29.9 Å². The third kappa shape index (κ3) is 4.15. The summed E-state index contributed by atoms with van der Waals surface area (Å²) in [5, 5.41) is 7.77. The molecule has 2 heterocycles. The minimum atomic E-state index is 0.401. The lowest BCUT2D eigenvalue weighted by Crippen LogP contribution is -2.20. The van der Waals surface area contributed by atoms with Gasteiger partial charge >= 0.3 is 0 Å². The van der Waals surface area contributed by atoms with E-state index in [4.69, 9.17) is 0 Å². The van der Waals surface area contributed by atoms with Gasteiger partial charge < -0.3 is 5.32 Å². The molecule has 0 radical (unpaired) electrons. The van der Waals surface area contributed by atoms with Crippen LogP contribution in [0.3, 0.4) is 0 Å². The highest BCUT2D eigenvalue weighted by atomic mass is 79.9. The van der Waals surface area contributed by atoms with Crippen molar-refractivity contribution in [1.29, 1.82) is 0 Å². The number of hydrogen-bond donors (Lipinski definition) is 1. The van der Waals surface area contributed by atoms with Crippen molar-refractivity contribution in [1.82, 2.24) is 15.1 Å². The lowest BCUT2D eigenvalue weighted by Gasteiger charge is -2.15. The molecule has 0 aliphatic carbocycles. The van der Waals surface area contributed by atoms with Crippen LogP contribution in [0.4, 0.5) is 0 Å². The van der Waals surface area contributed by atoms with Crippen molar-refractivity contribution in [2.75, 3.05) is 6.54 Å². The van der Waals surface area contributed by atoms with Crippen LogP contribution in [-0.4, -0.2) is 16.3 Å². The second-order valence-corrected chi connectivity index (χ2v) is 7.70. The molecule has 0 saturated carbocycles. The van der Waals surface area contributed by atoms with Gasteiger partial charge in [0.25, 0.3) is 0 Å². The van der Waals surface area contributed by atoms with Crippen LogP contribution >= 0.6 is 43.2 Å². The van der Waals surface area contributed by atoms with E-state index in [0.717, 1.165) is 27.6 Å². The molecule has 1 atom stereocenters. The van der Waals surface area contributed by atoms with Crippen LogP contribution < -0.4 is 5.32 Å². The highest BCUT2D eigenvalue weighted by molar-refractivity contribution is 9.13. The summed E-state index contributed by atoms with van der Waals surface area (Å²) in [7, 11) is 1.96. The Balaban J connectivity index is 2.03. The number of aryl methyl sites for hydroxylation is 2. The number of halogens is 2. The fraction of sp³-hybridized carbons (Fsp3) is 0.462. The van der Waals surface area contributed by atoms with Gasteiger partial charge in [-0.15, -0.1) is 11.3 Å². The van der Waals surface area contributed by atoms with Gasteiger partial charge in [0.2, 0.25) is 0 Å². The Morgan fingerprint density at radius 3 is 2.79 bits per heavy atom. The molecule has 0 fully saturated rings. The normalized spacial score (nSPS) is 12.8. The number of thiophene rings is 1. The van der Waals surface area contributed by atoms with E-state index in [1.165, 1.54) is 10.4 Å². The van der Waals surface area contributed by atoms with E-state index in [0.29, 0.717) is 6.04 Å². The van der Waals surface area contributed by atoms with Crippen molar-refractivity contribution < 1.29 is 0 Å². The Labute approximate surface area is 134 Å². The van der Waals surface area contributed by atoms with Crippen molar-refractivity contribution in [2.24, 2.45) is 7.05 Å². The van der Waals surface area contributed by atoms with Crippen molar-refractivity contribution in [2.45, 2.75) is 25.8 Å². The summed E-state index contributed by atoms with van der Waals surface area (Å²) in [5.74, 6) is 0. The molecule has 104 valence electrons. The number of hydrogen-bond acceptors (Lipinski definition) is 3. The molecule has 1 unspecified atom stereocenters. The Bertz CT molecular complexity index is 516. The predicted molar refractivity (Wildman–Crippen MR) is 87.7 cm³/mol. The van der Waals surface area contributed by atoms with Gasteiger partial charge in [0.05, 0.1) is 9.98 Å². The molecule has 0 bridgehead atoms. The van der Waals surface area contributed by atoms with E-state index >= 15 is 0 Å². The Hall–Kier alpha value is -0.170. The molecule has 0 aliphatic rings. The van der Waals surface area contributed by atoms with Gasteiger partial charge in [-0.3, -0.25) is 4.68 Å². The SMILES string of the molecule is CCNC(CCc1cnn(C)c1)c1cc(Br)c(Br)s1. The maximum atomic E-state index is 4.22. The second kappa shape index (κ2) is 7.02. The third-order valence-corrected chi connectivity index (χ3v) is 6.31. The average molecular weight is 407 g/mol. The first kappa shape index (κ1) is 15.2. The Kier molecular flexibility index (Phi) is 5.62. The maximum Gasteiger partial charge on any atom is 0.0843 e. The van der Waals surface area contributed by atoms with E-state index in [-0.39, 0.29) is 0 Å². The molecule has 2 rings (SSSR count). The molecular formula is C13H17Br2N3S. The summed E-state index contributed by atoms with van der Waals surface area (Å²) >= 11 is 8.91. The molecule has 3 nitrogen and oxygen atoms in total. The fourth-order valence-corrected chi connectivity index (χ4v) is 4.24. The lowest BCUT2D eigenvalue weighted by molar-refractivity contribution is 0.523. The van der Waals surface area contributed by atoms with E-state index in [2.05, 4.69) is 61.5 Å². The predicted octanol–water partition coefficient (Wildman–Crippen LogP) is 4.29. The third-order valence-electron chi connectivity index (χ3n) is 2.94. The summed E-state index contributed by atoms with van der Waals surface area (Å²) in [6, 6.07) is 2.60. The van der Waals surface area contributed by atoms with Crippen molar-refractivity contribution in [3.8, 4) is 0 Å². The van der Waals surface area contributed by atoms with E-state index < -0.39 is 0 Å². The van der Waals surface area contributed by atoms with Crippen LogP contribution in [0.2, 0.25) is 0 Å². The smallest absolute Gasteiger partial charge is 0.0843 e. The Morgan fingerprint density at radius 2 is 2.26 bits per heavy atom. The molecule has 0 aliphatic heterocycles. The zero-order valence-corrected chi connectivity index (χ0v) is 15.0. The largest absolute Gasteiger partial charge is 0.310 e. The fourth-order valence-electron chi connectivity index (χ4n) is 2.04. The van der Waals surface area contributed by atoms with Gasteiger partial charge in [-0.05, 0) is 62.9 Å². The summed E-state index contributed by atoms with van der Waals surface area (Å²) in [6.45, 7) is 3.12. The highest BCUT2D eigenvalue weighted by Crippen LogP contribution is 2.36. The molecule has 0 amide bonds. The zero-order chi connectivity index (χ0) is 13.8. The van der Waals surface area contributed by atoms with Crippen LogP contribution in [0.1, 0.15) is 29.8 Å². The molecular weight excluding hydrogens is 390 g/mol. The number of nitrogens with one attached hydrogen (secondary N) is 1. The molecule has 1 N–H and O–H groups in total. The van der Waals surface area contributed by atoms with Crippen molar-refractivity contribution in [3.63, 3.8) is 0 Å². The molecule has 0 aromatic carbocycles. The highest BCUT2D eigenvalue weighted by Gasteiger charge is 2.15. The lowest BCUT2D eigenvalue weighted by atomic mass is 10.1. The number of aromatic nitrogens is 2. The number of rotatable bonds is 6. The Morgan fingerprint density at radius 1 is 1.47 bits per heavy atom. The maximum absolute atomic E-state index is 4.22. The summed E-state index contributed by atoms with van der Waals surface area (Å²) < 4.78 is 4.15. The minimum absolute atomic E-state index is 0.401. The molecule has 2 aromatic heterocycles. The van der Waals surface area contributed by atoms with Gasteiger partial charge in [-0.1, -0.05) is 6.92 Å². The summed E-state index contributed by atoms with van der Waals surface area (Å²) in [4.78, 5) is 1.37. The number of nitrogens with zero attached hydrogens (tertiary/aromatic N) is 2. The summed E-state index contributed by atoms with van der Waals surface area (Å²) in [5.41, 5.74) is 1.29. The zero-order valence-electron chi connectivity index (χ0n) is 11.0. The van der Waals surface area contributed by atoms with Gasteiger partial charge in [0, 0.05) is 28.6 Å². The van der Waals surface area contributed by atoms with Gasteiger partial charge in [-0.2, -0.15) is 5.10 Å². The van der Waals surface area contributed by atoms with Crippen molar-refractivity contribution in [3.05, 3.63) is 37.2 Å². The molecule has 6 heteroatoms. The monoisotopic (exact) mass is 405 g/mol. The average Bonchev–Trinajstić information content (AvgIpc) is 2.92. The van der Waals surface area contributed by atoms with Crippen LogP contribution in [0.25, 0.3) is 0 Å². The quantitative estimate of drug-likeness (QED) is 0.775. The molecule has 0 spiro atoms. The van der Waals surface area contributed by atoms with Gasteiger partial charge in [0.1, 0.15) is 0 Å². The summed E-state index contributed by atoms with van der Waals surface area (Å²) in [6.07, 6.45) is 6.16. The molecule has 0 saturated heterocycles. The van der Waals surface area contributed by atoms with Crippen molar-refractivity contribution >= 4 is 43.2 Å². The van der Waals surface area contributed by atoms with E-state index in [9.17, 15) is 0 Å². The van der Waals surface area contributed by atoms with Crippen LogP contribution in [0.15, 0.2) is 26.7 Å². The van der Waals surface area contributed by atoms with Crippen LogP contribution in [-0.2, 0) is 13.5 Å². The second-order valence-electron chi connectivity index (χ2n) is 4.44. The first-order valence-corrected chi connectivity index (χ1v) is 8.66. The van der Waals surface area contributed by atoms with Gasteiger partial charge in [-0.25, -0.2) is 0 Å². The standard InChI is InChI=1S/C13H17Br2N3S/c1-3-16-11(12-6-10(14)13(15)19-12)5-4-9-7-17-18(2)8-9/h6-8,11,16H,3-5H2,1-2H3.